The van der Waals surface area contributed by atoms with Crippen LogP contribution in [-0.4, -0.2) is 18.6 Å². The molecule has 0 aliphatic heterocycles. The summed E-state index contributed by atoms with van der Waals surface area (Å²) in [6.45, 7) is 2.30. The lowest BCUT2D eigenvalue weighted by Crippen LogP contribution is -2.34. The average Bonchev–Trinajstić information content (AvgIpc) is 1.80. The maximum absolute atomic E-state index is 11.5. The zero-order valence-corrected chi connectivity index (χ0v) is 8.26. The normalized spacial score (nSPS) is 10.9. The van der Waals surface area contributed by atoms with Gasteiger partial charge in [-0.05, 0) is 5.92 Å². The molecule has 0 atom stereocenters. The Balaban J connectivity index is 0. The fourth-order valence-corrected chi connectivity index (χ4v) is 0.642. The van der Waals surface area contributed by atoms with Crippen LogP contribution >= 0.6 is 12.4 Å². The van der Waals surface area contributed by atoms with Crippen molar-refractivity contribution >= 4 is 18.3 Å². The van der Waals surface area contributed by atoms with Crippen LogP contribution in [0.15, 0.2) is 0 Å². The number of amides is 1. The van der Waals surface area contributed by atoms with Gasteiger partial charge in [0.05, 0.1) is 0 Å². The van der Waals surface area contributed by atoms with Crippen LogP contribution in [0.5, 0.6) is 0 Å². The van der Waals surface area contributed by atoms with Gasteiger partial charge in [-0.15, -0.1) is 12.4 Å². The van der Waals surface area contributed by atoms with E-state index in [-0.39, 0.29) is 24.7 Å². The number of halogens is 4. The number of hydrogen-bond acceptors (Lipinski definition) is 1. The molecule has 0 bridgehead atoms. The standard InChI is InChI=1S/C7H12F3NO.ClH/c1-5(2)3-6(12)11-4-7(8,9)10;/h5H,3-4H2,1-2H3,(H,11,12);1H. The highest BCUT2D eigenvalue weighted by atomic mass is 35.5. The Morgan fingerprint density at radius 1 is 1.38 bits per heavy atom. The highest BCUT2D eigenvalue weighted by Crippen LogP contribution is 2.12. The summed E-state index contributed by atoms with van der Waals surface area (Å²) < 4.78 is 34.6. The monoisotopic (exact) mass is 219 g/mol. The van der Waals surface area contributed by atoms with Crippen molar-refractivity contribution in [3.05, 3.63) is 0 Å². The molecule has 0 unspecified atom stereocenters. The van der Waals surface area contributed by atoms with Gasteiger partial charge in [-0.2, -0.15) is 13.2 Å². The molecular weight excluding hydrogens is 207 g/mol. The third-order valence-corrected chi connectivity index (χ3v) is 1.08. The van der Waals surface area contributed by atoms with Crippen molar-refractivity contribution in [1.29, 1.82) is 0 Å². The Morgan fingerprint density at radius 3 is 2.15 bits per heavy atom. The highest BCUT2D eigenvalue weighted by Gasteiger charge is 2.27. The van der Waals surface area contributed by atoms with Crippen LogP contribution < -0.4 is 5.32 Å². The van der Waals surface area contributed by atoms with Crippen LogP contribution in [-0.2, 0) is 4.79 Å². The predicted octanol–water partition coefficient (Wildman–Crippen LogP) is 2.13. The van der Waals surface area contributed by atoms with Crippen molar-refractivity contribution in [2.45, 2.75) is 26.4 Å². The Hall–Kier alpha value is -0.450. The Morgan fingerprint density at radius 2 is 1.85 bits per heavy atom. The summed E-state index contributed by atoms with van der Waals surface area (Å²) in [6, 6.07) is 0. The van der Waals surface area contributed by atoms with E-state index in [4.69, 9.17) is 0 Å². The molecule has 0 aromatic heterocycles. The molecule has 2 nitrogen and oxygen atoms in total. The molecule has 0 aliphatic carbocycles. The van der Waals surface area contributed by atoms with Crippen LogP contribution in [0, 0.1) is 5.92 Å². The summed E-state index contributed by atoms with van der Waals surface area (Å²) in [7, 11) is 0. The zero-order valence-electron chi connectivity index (χ0n) is 7.44. The van der Waals surface area contributed by atoms with Gasteiger partial charge in [0.2, 0.25) is 5.91 Å². The van der Waals surface area contributed by atoms with Crippen molar-refractivity contribution < 1.29 is 18.0 Å². The molecule has 0 saturated heterocycles. The van der Waals surface area contributed by atoms with Crippen LogP contribution in [0.3, 0.4) is 0 Å². The van der Waals surface area contributed by atoms with Crippen molar-refractivity contribution in [3.8, 4) is 0 Å². The number of alkyl halides is 3. The first kappa shape index (κ1) is 15.0. The second kappa shape index (κ2) is 6.07. The lowest BCUT2D eigenvalue weighted by Gasteiger charge is -2.09. The van der Waals surface area contributed by atoms with E-state index in [1.54, 1.807) is 19.2 Å². The Bertz CT molecular complexity index is 158. The van der Waals surface area contributed by atoms with Gasteiger partial charge in [0.25, 0.3) is 0 Å². The molecule has 0 heterocycles. The SMILES string of the molecule is CC(C)CC(=O)NCC(F)(F)F.Cl. The maximum atomic E-state index is 11.5. The molecule has 6 heteroatoms. The molecule has 1 amide bonds. The number of carbonyl (C=O) groups is 1. The largest absolute Gasteiger partial charge is 0.405 e. The minimum absolute atomic E-state index is 0. The van der Waals surface area contributed by atoms with E-state index in [1.165, 1.54) is 0 Å². The molecule has 0 saturated carbocycles. The van der Waals surface area contributed by atoms with Gasteiger partial charge in [-0.25, -0.2) is 0 Å². The molecule has 0 fully saturated rings. The number of rotatable bonds is 3. The molecule has 0 aromatic carbocycles. The molecule has 80 valence electrons. The molecule has 0 rings (SSSR count). The average molecular weight is 220 g/mol. The van der Waals surface area contributed by atoms with E-state index in [9.17, 15) is 18.0 Å². The first-order valence-electron chi connectivity index (χ1n) is 3.64. The lowest BCUT2D eigenvalue weighted by molar-refractivity contribution is -0.138. The van der Waals surface area contributed by atoms with Crippen molar-refractivity contribution in [1.82, 2.24) is 5.32 Å². The van der Waals surface area contributed by atoms with Crippen molar-refractivity contribution in [2.24, 2.45) is 5.92 Å². The molecule has 0 radical (unpaired) electrons. The summed E-state index contributed by atoms with van der Waals surface area (Å²) >= 11 is 0. The van der Waals surface area contributed by atoms with E-state index >= 15 is 0 Å². The van der Waals surface area contributed by atoms with Gasteiger partial charge in [0.1, 0.15) is 6.54 Å². The summed E-state index contributed by atoms with van der Waals surface area (Å²) in [5, 5.41) is 1.79. The minimum Gasteiger partial charge on any atom is -0.347 e. The van der Waals surface area contributed by atoms with E-state index in [0.29, 0.717) is 0 Å². The summed E-state index contributed by atoms with van der Waals surface area (Å²) in [5.41, 5.74) is 0. The molecular formula is C7H13ClF3NO. The highest BCUT2D eigenvalue weighted by molar-refractivity contribution is 5.85. The van der Waals surface area contributed by atoms with Crippen LogP contribution in [0.25, 0.3) is 0 Å². The number of carbonyl (C=O) groups excluding carboxylic acids is 1. The molecule has 1 N–H and O–H groups in total. The summed E-state index contributed by atoms with van der Waals surface area (Å²) in [4.78, 5) is 10.7. The topological polar surface area (TPSA) is 29.1 Å². The van der Waals surface area contributed by atoms with Crippen LogP contribution in [0.2, 0.25) is 0 Å². The van der Waals surface area contributed by atoms with Gasteiger partial charge in [0, 0.05) is 6.42 Å². The van der Waals surface area contributed by atoms with Gasteiger partial charge in [-0.3, -0.25) is 4.79 Å². The quantitative estimate of drug-likeness (QED) is 0.774. The number of nitrogens with one attached hydrogen (secondary N) is 1. The van der Waals surface area contributed by atoms with Crippen molar-refractivity contribution in [3.63, 3.8) is 0 Å². The fourth-order valence-electron chi connectivity index (χ4n) is 0.642. The van der Waals surface area contributed by atoms with Gasteiger partial charge < -0.3 is 5.32 Å². The van der Waals surface area contributed by atoms with Crippen LogP contribution in [0.1, 0.15) is 20.3 Å². The third-order valence-electron chi connectivity index (χ3n) is 1.08. The first-order chi connectivity index (χ1) is 5.31. The lowest BCUT2D eigenvalue weighted by atomic mass is 10.1. The van der Waals surface area contributed by atoms with E-state index in [1.807, 2.05) is 0 Å². The smallest absolute Gasteiger partial charge is 0.347 e. The first-order valence-corrected chi connectivity index (χ1v) is 3.64. The van der Waals surface area contributed by atoms with Crippen molar-refractivity contribution in [2.75, 3.05) is 6.54 Å². The molecule has 0 aliphatic rings. The van der Waals surface area contributed by atoms with Gasteiger partial charge in [0.15, 0.2) is 0 Å². The summed E-state index contributed by atoms with van der Waals surface area (Å²) in [6.07, 6.45) is -4.18. The molecule has 0 spiro atoms. The van der Waals surface area contributed by atoms with Crippen LogP contribution in [0.4, 0.5) is 13.2 Å². The Kier molecular flexibility index (Phi) is 7.03. The molecule has 13 heavy (non-hydrogen) atoms. The third kappa shape index (κ3) is 11.5. The summed E-state index contributed by atoms with van der Waals surface area (Å²) in [5.74, 6) is -0.472. The Labute approximate surface area is 81.3 Å². The second-order valence-corrected chi connectivity index (χ2v) is 2.99. The zero-order chi connectivity index (χ0) is 9.78. The van der Waals surface area contributed by atoms with Gasteiger partial charge in [-0.1, -0.05) is 13.8 Å². The molecule has 0 aromatic rings. The van der Waals surface area contributed by atoms with E-state index in [0.717, 1.165) is 0 Å². The number of hydrogen-bond donors (Lipinski definition) is 1. The predicted molar refractivity (Wildman–Crippen MR) is 45.8 cm³/mol. The second-order valence-electron chi connectivity index (χ2n) is 2.99. The van der Waals surface area contributed by atoms with E-state index in [2.05, 4.69) is 0 Å². The fraction of sp³-hybridized carbons (Fsp3) is 0.857. The van der Waals surface area contributed by atoms with E-state index < -0.39 is 18.6 Å². The maximum Gasteiger partial charge on any atom is 0.405 e. The van der Waals surface area contributed by atoms with Gasteiger partial charge >= 0.3 is 6.18 Å². The minimum atomic E-state index is -4.31.